The second-order valence-corrected chi connectivity index (χ2v) is 7.63. The smallest absolute Gasteiger partial charge is 0.228 e. The van der Waals surface area contributed by atoms with E-state index >= 15 is 0 Å². The van der Waals surface area contributed by atoms with E-state index in [4.69, 9.17) is 4.52 Å². The highest BCUT2D eigenvalue weighted by atomic mass is 32.2. The van der Waals surface area contributed by atoms with Gasteiger partial charge in [0.15, 0.2) is 5.82 Å². The Bertz CT molecular complexity index is 423. The van der Waals surface area contributed by atoms with Crippen LogP contribution in [0.4, 0.5) is 0 Å². The van der Waals surface area contributed by atoms with Crippen LogP contribution >= 0.6 is 11.8 Å². The van der Waals surface area contributed by atoms with Crippen molar-refractivity contribution in [1.29, 1.82) is 0 Å². The van der Waals surface area contributed by atoms with E-state index in [1.165, 1.54) is 44.3 Å². The van der Waals surface area contributed by atoms with Crippen molar-refractivity contribution >= 4 is 11.8 Å². The maximum Gasteiger partial charge on any atom is 0.228 e. The summed E-state index contributed by atoms with van der Waals surface area (Å²) in [6, 6.07) is 0.498. The summed E-state index contributed by atoms with van der Waals surface area (Å²) in [4.78, 5) is 4.67. The van der Waals surface area contributed by atoms with Gasteiger partial charge in [0.25, 0.3) is 0 Å². The minimum atomic E-state index is 0.498. The van der Waals surface area contributed by atoms with Crippen molar-refractivity contribution in [2.75, 3.05) is 18.1 Å². The highest BCUT2D eigenvalue weighted by Gasteiger charge is 2.26. The Morgan fingerprint density at radius 1 is 1.29 bits per heavy atom. The van der Waals surface area contributed by atoms with E-state index < -0.39 is 0 Å². The third-order valence-electron chi connectivity index (χ3n) is 4.81. The number of hydrogen-bond acceptors (Lipinski definition) is 5. The SMILES string of the molecule is CCCC1CCC(c2noc(CC3CSCCN3)n2)CC1. The highest BCUT2D eigenvalue weighted by Crippen LogP contribution is 2.36. The normalized spacial score (nSPS) is 30.4. The van der Waals surface area contributed by atoms with Crippen LogP contribution in [0.3, 0.4) is 0 Å². The van der Waals surface area contributed by atoms with Crippen LogP contribution in [0.1, 0.15) is 63.1 Å². The Balaban J connectivity index is 1.50. The maximum atomic E-state index is 5.48. The Morgan fingerprint density at radius 2 is 2.14 bits per heavy atom. The number of nitrogens with one attached hydrogen (secondary N) is 1. The molecule has 2 aliphatic rings. The van der Waals surface area contributed by atoms with E-state index in [1.54, 1.807) is 0 Å². The molecule has 2 heterocycles. The van der Waals surface area contributed by atoms with Crippen LogP contribution in [-0.2, 0) is 6.42 Å². The van der Waals surface area contributed by atoms with Gasteiger partial charge in [-0.3, -0.25) is 0 Å². The lowest BCUT2D eigenvalue weighted by Gasteiger charge is -2.26. The second-order valence-electron chi connectivity index (χ2n) is 6.48. The van der Waals surface area contributed by atoms with Gasteiger partial charge in [-0.05, 0) is 31.6 Å². The summed E-state index contributed by atoms with van der Waals surface area (Å²) < 4.78 is 5.48. The Morgan fingerprint density at radius 3 is 2.86 bits per heavy atom. The fourth-order valence-corrected chi connectivity index (χ4v) is 4.55. The predicted octanol–water partition coefficient (Wildman–Crippen LogP) is 3.39. The van der Waals surface area contributed by atoms with Crippen molar-refractivity contribution in [3.63, 3.8) is 0 Å². The predicted molar refractivity (Wildman–Crippen MR) is 86.7 cm³/mol. The van der Waals surface area contributed by atoms with Gasteiger partial charge in [-0.2, -0.15) is 16.7 Å². The molecule has 0 bridgehead atoms. The van der Waals surface area contributed by atoms with E-state index in [-0.39, 0.29) is 0 Å². The molecule has 1 aromatic rings. The first-order chi connectivity index (χ1) is 10.3. The molecule has 5 heteroatoms. The first-order valence-electron chi connectivity index (χ1n) is 8.48. The molecule has 3 rings (SSSR count). The number of aromatic nitrogens is 2. The zero-order valence-electron chi connectivity index (χ0n) is 13.0. The molecule has 1 saturated heterocycles. The van der Waals surface area contributed by atoms with Crippen LogP contribution in [0.5, 0.6) is 0 Å². The topological polar surface area (TPSA) is 51.0 Å². The summed E-state index contributed by atoms with van der Waals surface area (Å²) in [5.41, 5.74) is 0. The molecule has 2 fully saturated rings. The van der Waals surface area contributed by atoms with Gasteiger partial charge in [-0.15, -0.1) is 0 Å². The molecular weight excluding hydrogens is 282 g/mol. The molecule has 1 aliphatic heterocycles. The first-order valence-corrected chi connectivity index (χ1v) is 9.64. The third kappa shape index (κ3) is 4.22. The van der Waals surface area contributed by atoms with Gasteiger partial charge in [0, 0.05) is 36.4 Å². The molecule has 1 aromatic heterocycles. The van der Waals surface area contributed by atoms with Crippen molar-refractivity contribution in [3.8, 4) is 0 Å². The minimum Gasteiger partial charge on any atom is -0.339 e. The van der Waals surface area contributed by atoms with Crippen LogP contribution in [0, 0.1) is 5.92 Å². The van der Waals surface area contributed by atoms with Gasteiger partial charge < -0.3 is 9.84 Å². The molecule has 1 unspecified atom stereocenters. The third-order valence-corrected chi connectivity index (χ3v) is 5.94. The van der Waals surface area contributed by atoms with Crippen molar-refractivity contribution in [2.24, 2.45) is 5.92 Å². The number of thioether (sulfide) groups is 1. The van der Waals surface area contributed by atoms with Gasteiger partial charge in [-0.1, -0.05) is 24.9 Å². The Hall–Kier alpha value is -0.550. The second kappa shape index (κ2) is 7.63. The van der Waals surface area contributed by atoms with Gasteiger partial charge in [-0.25, -0.2) is 0 Å². The monoisotopic (exact) mass is 309 g/mol. The van der Waals surface area contributed by atoms with Gasteiger partial charge in [0.05, 0.1) is 0 Å². The van der Waals surface area contributed by atoms with Crippen LogP contribution in [0.2, 0.25) is 0 Å². The molecule has 4 nitrogen and oxygen atoms in total. The average Bonchev–Trinajstić information content (AvgIpc) is 2.98. The quantitative estimate of drug-likeness (QED) is 0.903. The van der Waals surface area contributed by atoms with E-state index in [9.17, 15) is 0 Å². The molecule has 1 saturated carbocycles. The molecule has 0 amide bonds. The fourth-order valence-electron chi connectivity index (χ4n) is 3.60. The summed E-state index contributed by atoms with van der Waals surface area (Å²) >= 11 is 2.01. The largest absolute Gasteiger partial charge is 0.339 e. The van der Waals surface area contributed by atoms with Crippen molar-refractivity contribution in [2.45, 2.75) is 63.8 Å². The van der Waals surface area contributed by atoms with Crippen LogP contribution in [0.25, 0.3) is 0 Å². The summed E-state index contributed by atoms with van der Waals surface area (Å²) in [6.07, 6.45) is 8.73. The van der Waals surface area contributed by atoms with Crippen LogP contribution in [-0.4, -0.2) is 34.2 Å². The van der Waals surface area contributed by atoms with Gasteiger partial charge >= 0.3 is 0 Å². The molecule has 1 aliphatic carbocycles. The molecular formula is C16H27N3OS. The zero-order chi connectivity index (χ0) is 14.5. The Labute approximate surface area is 131 Å². The summed E-state index contributed by atoms with van der Waals surface area (Å²) in [6.45, 7) is 3.38. The fraction of sp³-hybridized carbons (Fsp3) is 0.875. The van der Waals surface area contributed by atoms with E-state index in [1.807, 2.05) is 11.8 Å². The van der Waals surface area contributed by atoms with Gasteiger partial charge in [0.2, 0.25) is 5.89 Å². The zero-order valence-corrected chi connectivity index (χ0v) is 13.8. The lowest BCUT2D eigenvalue weighted by Crippen LogP contribution is -2.38. The Kier molecular flexibility index (Phi) is 5.58. The van der Waals surface area contributed by atoms with Crippen molar-refractivity contribution in [3.05, 3.63) is 11.7 Å². The van der Waals surface area contributed by atoms with Crippen molar-refractivity contribution in [1.82, 2.24) is 15.5 Å². The average molecular weight is 309 g/mol. The molecule has 118 valence electrons. The maximum absolute atomic E-state index is 5.48. The summed E-state index contributed by atoms with van der Waals surface area (Å²) in [5.74, 6) is 5.61. The molecule has 0 radical (unpaired) electrons. The van der Waals surface area contributed by atoms with E-state index in [0.717, 1.165) is 36.4 Å². The standard InChI is InChI=1S/C16H27N3OS/c1-2-3-12-4-6-13(7-5-12)16-18-15(20-19-16)10-14-11-21-9-8-17-14/h12-14,17H,2-11H2,1H3. The highest BCUT2D eigenvalue weighted by molar-refractivity contribution is 7.99. The first kappa shape index (κ1) is 15.3. The van der Waals surface area contributed by atoms with Crippen LogP contribution < -0.4 is 5.32 Å². The van der Waals surface area contributed by atoms with E-state index in [0.29, 0.717) is 12.0 Å². The number of hydrogen-bond donors (Lipinski definition) is 1. The van der Waals surface area contributed by atoms with Crippen molar-refractivity contribution < 1.29 is 4.52 Å². The summed E-state index contributed by atoms with van der Waals surface area (Å²) in [5, 5.41) is 7.78. The molecule has 1 N–H and O–H groups in total. The number of rotatable bonds is 5. The number of nitrogens with zero attached hydrogens (tertiary/aromatic N) is 2. The van der Waals surface area contributed by atoms with Gasteiger partial charge in [0.1, 0.15) is 0 Å². The van der Waals surface area contributed by atoms with E-state index in [2.05, 4.69) is 22.4 Å². The minimum absolute atomic E-state index is 0.498. The lowest BCUT2D eigenvalue weighted by atomic mass is 9.80. The summed E-state index contributed by atoms with van der Waals surface area (Å²) in [7, 11) is 0. The molecule has 21 heavy (non-hydrogen) atoms. The lowest BCUT2D eigenvalue weighted by molar-refractivity contribution is 0.294. The van der Waals surface area contributed by atoms with Crippen LogP contribution in [0.15, 0.2) is 4.52 Å². The molecule has 1 atom stereocenters. The molecule has 0 aromatic carbocycles. The molecule has 0 spiro atoms.